The third kappa shape index (κ3) is 5.57. The number of allylic oxidation sites excluding steroid dienone is 1. The highest BCUT2D eigenvalue weighted by Gasteiger charge is 2.56. The van der Waals surface area contributed by atoms with Gasteiger partial charge in [0.05, 0.1) is 14.2 Å². The van der Waals surface area contributed by atoms with Gasteiger partial charge < -0.3 is 23.7 Å². The minimum absolute atomic E-state index is 0.0130. The molecule has 1 heterocycles. The minimum atomic E-state index is -1.12. The molecule has 1 fully saturated rings. The molecule has 238 valence electrons. The standard InChI is InChI=1S/C36H47NO7/c1-21-16-17-25-23(20-24-26(40-9)18-19-27(41-10)28(24)35(25,5)6)30(21)42-32(38)31-29(22-14-12-11-13-15-22)37(36(7,8)43-31)33(39)44-34(2,3)4/h11-16,18-19,23,25,29-31H,17,20H2,1-10H3. The number of carbonyl (C=O) groups excluding carboxylic acids is 2. The Bertz CT molecular complexity index is 1440. The molecule has 8 heteroatoms. The van der Waals surface area contributed by atoms with Crippen molar-refractivity contribution in [2.24, 2.45) is 11.8 Å². The summed E-state index contributed by atoms with van der Waals surface area (Å²) in [5, 5.41) is 0. The van der Waals surface area contributed by atoms with Crippen molar-refractivity contribution >= 4 is 12.1 Å². The molecule has 0 bridgehead atoms. The number of fused-ring (bicyclic) bond motifs is 2. The summed E-state index contributed by atoms with van der Waals surface area (Å²) in [6, 6.07) is 12.7. The summed E-state index contributed by atoms with van der Waals surface area (Å²) >= 11 is 0. The number of carbonyl (C=O) groups is 2. The van der Waals surface area contributed by atoms with Crippen LogP contribution in [0.15, 0.2) is 54.1 Å². The van der Waals surface area contributed by atoms with Gasteiger partial charge in [-0.2, -0.15) is 0 Å². The minimum Gasteiger partial charge on any atom is -0.496 e. The molecule has 0 spiro atoms. The van der Waals surface area contributed by atoms with E-state index in [9.17, 15) is 9.59 Å². The summed E-state index contributed by atoms with van der Waals surface area (Å²) in [6.45, 7) is 15.5. The normalized spacial score (nSPS) is 27.0. The molecule has 44 heavy (non-hydrogen) atoms. The maximum absolute atomic E-state index is 14.3. The predicted octanol–water partition coefficient (Wildman–Crippen LogP) is 7.15. The lowest BCUT2D eigenvalue weighted by molar-refractivity contribution is -0.169. The fourth-order valence-electron chi connectivity index (χ4n) is 7.60. The van der Waals surface area contributed by atoms with Crippen molar-refractivity contribution in [2.75, 3.05) is 14.2 Å². The van der Waals surface area contributed by atoms with E-state index >= 15 is 0 Å². The number of amides is 1. The Morgan fingerprint density at radius 1 is 0.955 bits per heavy atom. The van der Waals surface area contributed by atoms with Gasteiger partial charge in [0.1, 0.15) is 35.0 Å². The Labute approximate surface area is 261 Å². The Hall–Kier alpha value is -3.52. The third-order valence-electron chi connectivity index (χ3n) is 9.50. The van der Waals surface area contributed by atoms with Crippen molar-refractivity contribution in [3.05, 3.63) is 70.8 Å². The van der Waals surface area contributed by atoms with Gasteiger partial charge in [-0.15, -0.1) is 0 Å². The van der Waals surface area contributed by atoms with Crippen LogP contribution in [0.3, 0.4) is 0 Å². The van der Waals surface area contributed by atoms with E-state index in [0.29, 0.717) is 6.42 Å². The van der Waals surface area contributed by atoms with Crippen molar-refractivity contribution in [2.45, 2.75) is 103 Å². The number of benzene rings is 2. The van der Waals surface area contributed by atoms with Gasteiger partial charge in [-0.1, -0.05) is 50.3 Å². The van der Waals surface area contributed by atoms with Crippen LogP contribution in [0.25, 0.3) is 0 Å². The van der Waals surface area contributed by atoms with Gasteiger partial charge in [0.2, 0.25) is 0 Å². The lowest BCUT2D eigenvalue weighted by Gasteiger charge is -2.50. The largest absolute Gasteiger partial charge is 0.496 e. The van der Waals surface area contributed by atoms with Gasteiger partial charge in [0.25, 0.3) is 0 Å². The lowest BCUT2D eigenvalue weighted by atomic mass is 9.56. The molecule has 5 atom stereocenters. The van der Waals surface area contributed by atoms with E-state index in [2.05, 4.69) is 19.9 Å². The third-order valence-corrected chi connectivity index (χ3v) is 9.50. The zero-order chi connectivity index (χ0) is 32.2. The molecule has 0 N–H and O–H groups in total. The maximum atomic E-state index is 14.3. The summed E-state index contributed by atoms with van der Waals surface area (Å²) in [4.78, 5) is 29.4. The number of esters is 1. The van der Waals surface area contributed by atoms with Crippen molar-refractivity contribution in [3.8, 4) is 11.5 Å². The second-order valence-electron chi connectivity index (χ2n) is 14.3. The highest BCUT2D eigenvalue weighted by molar-refractivity contribution is 5.80. The van der Waals surface area contributed by atoms with Gasteiger partial charge in [0.15, 0.2) is 6.10 Å². The van der Waals surface area contributed by atoms with Gasteiger partial charge >= 0.3 is 12.1 Å². The molecule has 2 aliphatic carbocycles. The Kier molecular flexibility index (Phi) is 8.29. The van der Waals surface area contributed by atoms with E-state index in [4.69, 9.17) is 23.7 Å². The highest BCUT2D eigenvalue weighted by Crippen LogP contribution is 2.55. The topological polar surface area (TPSA) is 83.5 Å². The van der Waals surface area contributed by atoms with Gasteiger partial charge in [0, 0.05) is 17.0 Å². The van der Waals surface area contributed by atoms with Crippen LogP contribution in [0, 0.1) is 11.8 Å². The first-order valence-corrected chi connectivity index (χ1v) is 15.5. The number of methoxy groups -OCH3 is 2. The molecular weight excluding hydrogens is 558 g/mol. The van der Waals surface area contributed by atoms with Crippen molar-refractivity contribution in [3.63, 3.8) is 0 Å². The molecule has 3 aliphatic rings. The maximum Gasteiger partial charge on any atom is 0.413 e. The average Bonchev–Trinajstić information content (AvgIpc) is 3.24. The van der Waals surface area contributed by atoms with Crippen LogP contribution in [0.1, 0.15) is 84.5 Å². The van der Waals surface area contributed by atoms with E-state index in [0.717, 1.165) is 40.2 Å². The van der Waals surface area contributed by atoms with E-state index < -0.39 is 41.6 Å². The van der Waals surface area contributed by atoms with E-state index in [1.54, 1.807) is 28.1 Å². The van der Waals surface area contributed by atoms with E-state index in [-0.39, 0.29) is 17.3 Å². The fraction of sp³-hybridized carbons (Fsp3) is 0.556. The van der Waals surface area contributed by atoms with Crippen LogP contribution < -0.4 is 9.47 Å². The first-order valence-electron chi connectivity index (χ1n) is 15.5. The second kappa shape index (κ2) is 11.4. The number of rotatable bonds is 5. The molecule has 5 rings (SSSR count). The molecule has 1 saturated heterocycles. The van der Waals surface area contributed by atoms with Crippen molar-refractivity contribution in [1.29, 1.82) is 0 Å². The molecule has 8 nitrogen and oxygen atoms in total. The van der Waals surface area contributed by atoms with Gasteiger partial charge in [-0.25, -0.2) is 9.59 Å². The molecule has 2 aromatic carbocycles. The smallest absolute Gasteiger partial charge is 0.413 e. The van der Waals surface area contributed by atoms with E-state index in [1.165, 1.54) is 4.90 Å². The Morgan fingerprint density at radius 3 is 2.20 bits per heavy atom. The molecule has 0 aromatic heterocycles. The summed E-state index contributed by atoms with van der Waals surface area (Å²) in [5.41, 5.74) is 1.90. The molecule has 1 amide bonds. The number of nitrogens with zero attached hydrogens (tertiary/aromatic N) is 1. The SMILES string of the molecule is COc1ccc(OC)c2c1CC1C(OC(=O)C3OC(C)(C)N(C(=O)OC(C)(C)C)C3c3ccccc3)C(C)=CCC1C2(C)C. The van der Waals surface area contributed by atoms with E-state index in [1.807, 2.05) is 70.2 Å². The quantitative estimate of drug-likeness (QED) is 0.265. The number of hydrogen-bond donors (Lipinski definition) is 0. The summed E-state index contributed by atoms with van der Waals surface area (Å²) in [5.74, 6) is 1.36. The summed E-state index contributed by atoms with van der Waals surface area (Å²) in [6.07, 6.45) is 1.67. The zero-order valence-corrected chi connectivity index (χ0v) is 27.7. The van der Waals surface area contributed by atoms with Crippen LogP contribution in [-0.2, 0) is 30.8 Å². The van der Waals surface area contributed by atoms with Gasteiger partial charge in [-0.3, -0.25) is 4.90 Å². The fourth-order valence-corrected chi connectivity index (χ4v) is 7.60. The zero-order valence-electron chi connectivity index (χ0n) is 27.7. The van der Waals surface area contributed by atoms with Crippen LogP contribution in [0.2, 0.25) is 0 Å². The predicted molar refractivity (Wildman–Crippen MR) is 168 cm³/mol. The van der Waals surface area contributed by atoms with Crippen molar-refractivity contribution < 1.29 is 33.3 Å². The average molecular weight is 606 g/mol. The molecule has 0 saturated carbocycles. The molecule has 2 aromatic rings. The van der Waals surface area contributed by atoms with Gasteiger partial charge in [-0.05, 0) is 89.0 Å². The number of ether oxygens (including phenoxy) is 5. The Balaban J connectivity index is 1.51. The Morgan fingerprint density at radius 2 is 1.59 bits per heavy atom. The summed E-state index contributed by atoms with van der Waals surface area (Å²) in [7, 11) is 3.39. The van der Waals surface area contributed by atoms with Crippen LogP contribution in [-0.4, -0.2) is 54.7 Å². The first-order chi connectivity index (χ1) is 20.6. The molecular formula is C36H47NO7. The summed E-state index contributed by atoms with van der Waals surface area (Å²) < 4.78 is 30.3. The first kappa shape index (κ1) is 31.9. The van der Waals surface area contributed by atoms with Crippen LogP contribution >= 0.6 is 0 Å². The lowest BCUT2D eigenvalue weighted by Crippen LogP contribution is -2.49. The number of hydrogen-bond acceptors (Lipinski definition) is 7. The second-order valence-corrected chi connectivity index (χ2v) is 14.3. The van der Waals surface area contributed by atoms with Crippen molar-refractivity contribution in [1.82, 2.24) is 4.90 Å². The molecule has 1 aliphatic heterocycles. The van der Waals surface area contributed by atoms with Crippen LogP contribution in [0.5, 0.6) is 11.5 Å². The monoisotopic (exact) mass is 605 g/mol. The molecule has 0 radical (unpaired) electrons. The van der Waals surface area contributed by atoms with Crippen LogP contribution in [0.4, 0.5) is 4.79 Å². The highest BCUT2D eigenvalue weighted by atomic mass is 16.6. The molecule has 5 unspecified atom stereocenters.